The van der Waals surface area contributed by atoms with Crippen molar-refractivity contribution in [2.24, 2.45) is 5.41 Å². The van der Waals surface area contributed by atoms with Crippen LogP contribution in [0.4, 0.5) is 0 Å². The van der Waals surface area contributed by atoms with Crippen molar-refractivity contribution in [1.29, 1.82) is 0 Å². The number of nitrogens with zero attached hydrogens (tertiary/aromatic N) is 2. The number of hydrogen-bond donors (Lipinski definition) is 2. The number of nitrogens with one attached hydrogen (secondary N) is 1. The van der Waals surface area contributed by atoms with Crippen LogP contribution in [0.2, 0.25) is 5.02 Å². The van der Waals surface area contributed by atoms with Gasteiger partial charge in [-0.3, -0.25) is 0 Å². The van der Waals surface area contributed by atoms with Gasteiger partial charge in [-0.2, -0.15) is 5.10 Å². The Morgan fingerprint density at radius 1 is 1.30 bits per heavy atom. The fourth-order valence-corrected chi connectivity index (χ4v) is 4.59. The molecular formula is C24H28ClN3O2. The van der Waals surface area contributed by atoms with Crippen molar-refractivity contribution in [2.75, 3.05) is 7.11 Å². The quantitative estimate of drug-likeness (QED) is 0.578. The molecule has 1 atom stereocenters. The average molecular weight is 426 g/mol. The first kappa shape index (κ1) is 20.8. The maximum absolute atomic E-state index is 9.98. The highest BCUT2D eigenvalue weighted by Gasteiger charge is 2.35. The van der Waals surface area contributed by atoms with Crippen LogP contribution in [0.3, 0.4) is 0 Å². The molecule has 6 heteroatoms. The molecule has 0 saturated heterocycles. The highest BCUT2D eigenvalue weighted by atomic mass is 35.5. The number of aryl methyl sites for hydroxylation is 1. The van der Waals surface area contributed by atoms with Gasteiger partial charge in [-0.25, -0.2) is 4.68 Å². The Labute approximate surface area is 182 Å². The van der Waals surface area contributed by atoms with Crippen LogP contribution in [0, 0.1) is 12.3 Å². The molecule has 0 bridgehead atoms. The Balaban J connectivity index is 1.64. The van der Waals surface area contributed by atoms with E-state index in [2.05, 4.69) is 55.0 Å². The van der Waals surface area contributed by atoms with E-state index in [1.807, 2.05) is 12.3 Å². The van der Waals surface area contributed by atoms with Gasteiger partial charge in [0.05, 0.1) is 24.0 Å². The van der Waals surface area contributed by atoms with Crippen LogP contribution in [0.15, 0.2) is 42.6 Å². The predicted octanol–water partition coefficient (Wildman–Crippen LogP) is 5.35. The zero-order valence-electron chi connectivity index (χ0n) is 17.9. The van der Waals surface area contributed by atoms with Crippen molar-refractivity contribution in [1.82, 2.24) is 15.1 Å². The number of aromatic hydroxyl groups is 1. The van der Waals surface area contributed by atoms with E-state index in [1.165, 1.54) is 23.9 Å². The van der Waals surface area contributed by atoms with Crippen LogP contribution in [-0.4, -0.2) is 22.0 Å². The molecule has 1 aromatic heterocycles. The summed E-state index contributed by atoms with van der Waals surface area (Å²) >= 11 is 6.16. The van der Waals surface area contributed by atoms with Crippen LogP contribution >= 0.6 is 11.6 Å². The summed E-state index contributed by atoms with van der Waals surface area (Å²) in [6, 6.07) is 12.1. The average Bonchev–Trinajstić information content (AvgIpc) is 3.11. The number of fused-ring (bicyclic) bond motifs is 1. The summed E-state index contributed by atoms with van der Waals surface area (Å²) in [6.45, 7) is 7.35. The molecule has 0 amide bonds. The van der Waals surface area contributed by atoms with Crippen molar-refractivity contribution < 1.29 is 9.84 Å². The molecule has 1 aliphatic carbocycles. The van der Waals surface area contributed by atoms with Crippen LogP contribution in [-0.2, 0) is 13.0 Å². The van der Waals surface area contributed by atoms with Gasteiger partial charge in [0.1, 0.15) is 0 Å². The molecule has 0 aliphatic heterocycles. The van der Waals surface area contributed by atoms with E-state index in [4.69, 9.17) is 21.4 Å². The predicted molar refractivity (Wildman–Crippen MR) is 120 cm³/mol. The van der Waals surface area contributed by atoms with Gasteiger partial charge in [-0.1, -0.05) is 43.6 Å². The lowest BCUT2D eigenvalue weighted by Crippen LogP contribution is -2.33. The van der Waals surface area contributed by atoms with Gasteiger partial charge in [0.2, 0.25) is 0 Å². The first-order valence-corrected chi connectivity index (χ1v) is 10.6. The van der Waals surface area contributed by atoms with Gasteiger partial charge in [-0.15, -0.1) is 0 Å². The van der Waals surface area contributed by atoms with Crippen molar-refractivity contribution >= 4 is 11.6 Å². The number of aromatic nitrogens is 2. The molecule has 1 heterocycles. The molecule has 4 rings (SSSR count). The van der Waals surface area contributed by atoms with Gasteiger partial charge in [0, 0.05) is 23.8 Å². The second kappa shape index (κ2) is 7.97. The number of phenolic OH excluding ortho intramolecular Hbond substituents is 1. The Bertz CT molecular complexity index is 1070. The lowest BCUT2D eigenvalue weighted by atomic mass is 9.74. The standard InChI is InChI=1S/C24H28ClN3O2/c1-15-7-5-6-8-20(15)28-21-12-24(2,3)11-19(17(21)14-27-28)26-13-16-9-18(25)23(29)22(10-16)30-4/h5-10,14,19,26,29H,11-13H2,1-4H3. The minimum absolute atomic E-state index is 0.0245. The molecule has 0 saturated carbocycles. The van der Waals surface area contributed by atoms with Gasteiger partial charge < -0.3 is 15.2 Å². The number of benzene rings is 2. The highest BCUT2D eigenvalue weighted by Crippen LogP contribution is 2.42. The number of para-hydroxylation sites is 1. The molecule has 0 spiro atoms. The highest BCUT2D eigenvalue weighted by molar-refractivity contribution is 6.32. The summed E-state index contributed by atoms with van der Waals surface area (Å²) in [6.07, 6.45) is 4.00. The molecule has 30 heavy (non-hydrogen) atoms. The molecule has 158 valence electrons. The summed E-state index contributed by atoms with van der Waals surface area (Å²) < 4.78 is 7.33. The lowest BCUT2D eigenvalue weighted by Gasteiger charge is -2.36. The van der Waals surface area contributed by atoms with E-state index in [0.29, 0.717) is 17.3 Å². The Kier molecular flexibility index (Phi) is 5.51. The van der Waals surface area contributed by atoms with Crippen molar-refractivity contribution in [2.45, 2.75) is 46.2 Å². The number of rotatable bonds is 5. The van der Waals surface area contributed by atoms with Crippen LogP contribution in [0.5, 0.6) is 11.5 Å². The monoisotopic (exact) mass is 425 g/mol. The fourth-order valence-electron chi connectivity index (χ4n) is 4.36. The first-order chi connectivity index (χ1) is 14.3. The van der Waals surface area contributed by atoms with E-state index in [-0.39, 0.29) is 17.2 Å². The molecular weight excluding hydrogens is 398 g/mol. The van der Waals surface area contributed by atoms with Crippen LogP contribution < -0.4 is 10.1 Å². The fraction of sp³-hybridized carbons (Fsp3) is 0.375. The van der Waals surface area contributed by atoms with E-state index < -0.39 is 0 Å². The maximum Gasteiger partial charge on any atom is 0.176 e. The number of hydrogen-bond acceptors (Lipinski definition) is 4. The van der Waals surface area contributed by atoms with Gasteiger partial charge in [0.25, 0.3) is 0 Å². The largest absolute Gasteiger partial charge is 0.503 e. The number of phenols is 1. The molecule has 0 fully saturated rings. The second-order valence-corrected chi connectivity index (χ2v) is 9.26. The summed E-state index contributed by atoms with van der Waals surface area (Å²) in [5, 5.41) is 18.7. The van der Waals surface area contributed by atoms with Crippen molar-refractivity contribution in [3.8, 4) is 17.2 Å². The molecule has 2 aromatic carbocycles. The summed E-state index contributed by atoms with van der Waals surface area (Å²) in [5.74, 6) is 0.361. The van der Waals surface area contributed by atoms with Gasteiger partial charge >= 0.3 is 0 Å². The van der Waals surface area contributed by atoms with E-state index >= 15 is 0 Å². The molecule has 5 nitrogen and oxygen atoms in total. The molecule has 0 radical (unpaired) electrons. The minimum Gasteiger partial charge on any atom is -0.503 e. The summed E-state index contributed by atoms with van der Waals surface area (Å²) in [5.41, 5.74) is 5.96. The molecule has 1 unspecified atom stereocenters. The topological polar surface area (TPSA) is 59.3 Å². The Hall–Kier alpha value is -2.50. The maximum atomic E-state index is 9.98. The SMILES string of the molecule is COc1cc(CNC2CC(C)(C)Cc3c2cnn3-c2ccccc2C)cc(Cl)c1O. The van der Waals surface area contributed by atoms with Crippen molar-refractivity contribution in [3.05, 3.63) is 70.0 Å². The third-order valence-corrected chi connectivity index (χ3v) is 6.17. The molecule has 1 aliphatic rings. The number of halogens is 1. The zero-order valence-corrected chi connectivity index (χ0v) is 18.6. The zero-order chi connectivity index (χ0) is 21.5. The third kappa shape index (κ3) is 3.92. The van der Waals surface area contributed by atoms with E-state index in [9.17, 15) is 5.11 Å². The Morgan fingerprint density at radius 2 is 2.07 bits per heavy atom. The minimum atomic E-state index is -0.0245. The Morgan fingerprint density at radius 3 is 2.80 bits per heavy atom. The smallest absolute Gasteiger partial charge is 0.176 e. The third-order valence-electron chi connectivity index (χ3n) is 5.88. The van der Waals surface area contributed by atoms with Crippen LogP contribution in [0.1, 0.15) is 48.7 Å². The van der Waals surface area contributed by atoms with Gasteiger partial charge in [0.15, 0.2) is 11.5 Å². The lowest BCUT2D eigenvalue weighted by molar-refractivity contribution is 0.252. The van der Waals surface area contributed by atoms with Gasteiger partial charge in [-0.05, 0) is 54.5 Å². The molecule has 3 aromatic rings. The van der Waals surface area contributed by atoms with Crippen LogP contribution in [0.25, 0.3) is 5.69 Å². The van der Waals surface area contributed by atoms with Crippen molar-refractivity contribution in [3.63, 3.8) is 0 Å². The molecule has 2 N–H and O–H groups in total. The number of ether oxygens (including phenoxy) is 1. The number of methoxy groups -OCH3 is 1. The normalized spacial score (nSPS) is 17.6. The summed E-state index contributed by atoms with van der Waals surface area (Å²) in [4.78, 5) is 0. The van der Waals surface area contributed by atoms with E-state index in [1.54, 1.807) is 6.07 Å². The summed E-state index contributed by atoms with van der Waals surface area (Å²) in [7, 11) is 1.53. The van der Waals surface area contributed by atoms with E-state index in [0.717, 1.165) is 24.1 Å². The first-order valence-electron chi connectivity index (χ1n) is 10.2. The second-order valence-electron chi connectivity index (χ2n) is 8.85.